The van der Waals surface area contributed by atoms with Crippen molar-refractivity contribution in [2.45, 2.75) is 38.1 Å². The number of hydrogen-bond donors (Lipinski definition) is 1. The Morgan fingerprint density at radius 3 is 3.10 bits per heavy atom. The highest BCUT2D eigenvalue weighted by molar-refractivity contribution is 5.39. The quantitative estimate of drug-likeness (QED) is 0.812. The average molecular weight is 286 g/mol. The largest absolute Gasteiger partial charge is 0.493 e. The third-order valence-electron chi connectivity index (χ3n) is 5.16. The molecule has 1 atom stereocenters. The molecule has 0 aromatic heterocycles. The van der Waals surface area contributed by atoms with Crippen molar-refractivity contribution in [3.63, 3.8) is 0 Å². The summed E-state index contributed by atoms with van der Waals surface area (Å²) < 4.78 is 5.56. The molecule has 2 fully saturated rings. The number of likely N-dealkylation sites (tertiary alicyclic amines) is 1. The SMILES string of the molecule is c1cc2c(cc1CCNCC1CCN(C3CC3)C1)CCO2. The van der Waals surface area contributed by atoms with Gasteiger partial charge in [-0.25, -0.2) is 0 Å². The Labute approximate surface area is 127 Å². The fourth-order valence-electron chi connectivity index (χ4n) is 3.73. The summed E-state index contributed by atoms with van der Waals surface area (Å²) in [6.07, 6.45) is 6.49. The molecule has 3 aliphatic rings. The Morgan fingerprint density at radius 1 is 1.24 bits per heavy atom. The summed E-state index contributed by atoms with van der Waals surface area (Å²) in [5.41, 5.74) is 2.83. The first-order chi connectivity index (χ1) is 10.4. The molecule has 1 unspecified atom stereocenters. The minimum absolute atomic E-state index is 0.857. The molecule has 0 amide bonds. The zero-order chi connectivity index (χ0) is 14.1. The highest BCUT2D eigenvalue weighted by Crippen LogP contribution is 2.31. The zero-order valence-electron chi connectivity index (χ0n) is 12.8. The van der Waals surface area contributed by atoms with Gasteiger partial charge in [0.1, 0.15) is 5.75 Å². The predicted molar refractivity (Wildman–Crippen MR) is 84.9 cm³/mol. The molecule has 0 bridgehead atoms. The lowest BCUT2D eigenvalue weighted by Gasteiger charge is -2.15. The number of nitrogens with zero attached hydrogens (tertiary/aromatic N) is 1. The fraction of sp³-hybridized carbons (Fsp3) is 0.667. The van der Waals surface area contributed by atoms with E-state index in [2.05, 4.69) is 28.4 Å². The molecule has 0 radical (unpaired) electrons. The predicted octanol–water partition coefficient (Wildman–Crippen LogP) is 2.24. The third-order valence-corrected chi connectivity index (χ3v) is 5.16. The fourth-order valence-corrected chi connectivity index (χ4v) is 3.73. The van der Waals surface area contributed by atoms with Crippen molar-refractivity contribution in [2.75, 3.05) is 32.8 Å². The molecule has 114 valence electrons. The van der Waals surface area contributed by atoms with E-state index in [4.69, 9.17) is 4.74 Å². The molecule has 0 spiro atoms. The molecule has 3 nitrogen and oxygen atoms in total. The van der Waals surface area contributed by atoms with Crippen molar-refractivity contribution < 1.29 is 4.74 Å². The van der Waals surface area contributed by atoms with Crippen LogP contribution in [0.4, 0.5) is 0 Å². The van der Waals surface area contributed by atoms with Crippen LogP contribution in [-0.2, 0) is 12.8 Å². The van der Waals surface area contributed by atoms with Crippen molar-refractivity contribution in [3.8, 4) is 5.75 Å². The van der Waals surface area contributed by atoms with E-state index in [1.165, 1.54) is 50.0 Å². The van der Waals surface area contributed by atoms with Crippen molar-refractivity contribution in [2.24, 2.45) is 5.92 Å². The van der Waals surface area contributed by atoms with E-state index >= 15 is 0 Å². The van der Waals surface area contributed by atoms with Crippen LogP contribution in [0.2, 0.25) is 0 Å². The molecule has 1 aromatic rings. The van der Waals surface area contributed by atoms with Crippen LogP contribution in [0.5, 0.6) is 5.75 Å². The molecule has 2 heterocycles. The van der Waals surface area contributed by atoms with Crippen LogP contribution in [0.1, 0.15) is 30.4 Å². The maximum Gasteiger partial charge on any atom is 0.122 e. The summed E-state index contributed by atoms with van der Waals surface area (Å²) in [7, 11) is 0. The lowest BCUT2D eigenvalue weighted by atomic mass is 10.1. The van der Waals surface area contributed by atoms with Crippen LogP contribution < -0.4 is 10.1 Å². The molecule has 3 heteroatoms. The number of nitrogens with one attached hydrogen (secondary N) is 1. The summed E-state index contributed by atoms with van der Waals surface area (Å²) in [6, 6.07) is 7.64. The van der Waals surface area contributed by atoms with Crippen LogP contribution in [0, 0.1) is 5.92 Å². The molecular formula is C18H26N2O. The molecule has 1 saturated carbocycles. The minimum Gasteiger partial charge on any atom is -0.493 e. The molecule has 1 aliphatic carbocycles. The van der Waals surface area contributed by atoms with E-state index in [1.807, 2.05) is 0 Å². The number of rotatable bonds is 6. The van der Waals surface area contributed by atoms with Gasteiger partial charge in [0, 0.05) is 19.0 Å². The van der Waals surface area contributed by atoms with Gasteiger partial charge in [0.05, 0.1) is 6.61 Å². The topological polar surface area (TPSA) is 24.5 Å². The van der Waals surface area contributed by atoms with Crippen molar-refractivity contribution in [1.29, 1.82) is 0 Å². The van der Waals surface area contributed by atoms with Crippen LogP contribution in [0.3, 0.4) is 0 Å². The summed E-state index contributed by atoms with van der Waals surface area (Å²) in [4.78, 5) is 2.70. The molecule has 4 rings (SSSR count). The summed E-state index contributed by atoms with van der Waals surface area (Å²) >= 11 is 0. The van der Waals surface area contributed by atoms with Crippen LogP contribution in [0.15, 0.2) is 18.2 Å². The monoisotopic (exact) mass is 286 g/mol. The molecule has 1 N–H and O–H groups in total. The second-order valence-electron chi connectivity index (χ2n) is 6.88. The van der Waals surface area contributed by atoms with Gasteiger partial charge in [-0.3, -0.25) is 0 Å². The van der Waals surface area contributed by atoms with Crippen molar-refractivity contribution in [1.82, 2.24) is 10.2 Å². The highest BCUT2D eigenvalue weighted by atomic mass is 16.5. The lowest BCUT2D eigenvalue weighted by molar-refractivity contribution is 0.312. The van der Waals surface area contributed by atoms with Gasteiger partial charge in [0.2, 0.25) is 0 Å². The molecule has 1 saturated heterocycles. The standard InChI is InChI=1S/C18H26N2O/c1-4-18-16(7-10-21-18)11-14(1)5-8-19-12-15-6-9-20(13-15)17-2-3-17/h1,4,11,15,17,19H,2-3,5-10,12-13H2. The van der Waals surface area contributed by atoms with E-state index in [0.717, 1.165) is 43.7 Å². The Hall–Kier alpha value is -1.06. The van der Waals surface area contributed by atoms with E-state index < -0.39 is 0 Å². The van der Waals surface area contributed by atoms with Gasteiger partial charge in [-0.2, -0.15) is 0 Å². The zero-order valence-corrected chi connectivity index (χ0v) is 12.8. The first-order valence-corrected chi connectivity index (χ1v) is 8.58. The third kappa shape index (κ3) is 3.24. The molecule has 21 heavy (non-hydrogen) atoms. The van der Waals surface area contributed by atoms with Gasteiger partial charge in [0.15, 0.2) is 0 Å². The lowest BCUT2D eigenvalue weighted by Crippen LogP contribution is -2.28. The van der Waals surface area contributed by atoms with Gasteiger partial charge in [-0.15, -0.1) is 0 Å². The number of ether oxygens (including phenoxy) is 1. The number of fused-ring (bicyclic) bond motifs is 1. The van der Waals surface area contributed by atoms with E-state index in [1.54, 1.807) is 0 Å². The molecule has 2 aliphatic heterocycles. The van der Waals surface area contributed by atoms with Crippen LogP contribution >= 0.6 is 0 Å². The smallest absolute Gasteiger partial charge is 0.122 e. The molecular weight excluding hydrogens is 260 g/mol. The van der Waals surface area contributed by atoms with Crippen molar-refractivity contribution in [3.05, 3.63) is 29.3 Å². The van der Waals surface area contributed by atoms with Crippen LogP contribution in [-0.4, -0.2) is 43.7 Å². The summed E-state index contributed by atoms with van der Waals surface area (Å²) in [6.45, 7) is 5.81. The van der Waals surface area contributed by atoms with Crippen LogP contribution in [0.25, 0.3) is 0 Å². The number of benzene rings is 1. The van der Waals surface area contributed by atoms with Gasteiger partial charge >= 0.3 is 0 Å². The van der Waals surface area contributed by atoms with E-state index in [-0.39, 0.29) is 0 Å². The maximum atomic E-state index is 5.56. The minimum atomic E-state index is 0.857. The van der Waals surface area contributed by atoms with Gasteiger partial charge in [-0.05, 0) is 68.4 Å². The number of hydrogen-bond acceptors (Lipinski definition) is 3. The second kappa shape index (κ2) is 5.98. The Kier molecular flexibility index (Phi) is 3.87. The van der Waals surface area contributed by atoms with Gasteiger partial charge < -0.3 is 15.0 Å². The Morgan fingerprint density at radius 2 is 2.19 bits per heavy atom. The Balaban J connectivity index is 1.18. The highest BCUT2D eigenvalue weighted by Gasteiger charge is 2.33. The van der Waals surface area contributed by atoms with E-state index in [0.29, 0.717) is 0 Å². The first-order valence-electron chi connectivity index (χ1n) is 8.58. The first kappa shape index (κ1) is 13.6. The summed E-state index contributed by atoms with van der Waals surface area (Å²) in [5, 5.41) is 3.67. The Bertz CT molecular complexity index is 498. The van der Waals surface area contributed by atoms with E-state index in [9.17, 15) is 0 Å². The average Bonchev–Trinajstić information content (AvgIpc) is 3.07. The van der Waals surface area contributed by atoms with Crippen molar-refractivity contribution >= 4 is 0 Å². The van der Waals surface area contributed by atoms with Gasteiger partial charge in [0.25, 0.3) is 0 Å². The second-order valence-corrected chi connectivity index (χ2v) is 6.88. The summed E-state index contributed by atoms with van der Waals surface area (Å²) in [5.74, 6) is 1.97. The van der Waals surface area contributed by atoms with Gasteiger partial charge in [-0.1, -0.05) is 12.1 Å². The normalized spacial score (nSPS) is 25.0. The molecule has 1 aromatic carbocycles. The maximum absolute atomic E-state index is 5.56.